The second-order valence-electron chi connectivity index (χ2n) is 6.94. The maximum absolute atomic E-state index is 13.1. The first-order valence-corrected chi connectivity index (χ1v) is 9.14. The molecule has 0 radical (unpaired) electrons. The molecule has 6 nitrogen and oxygen atoms in total. The molecular formula is C21H26N3O3+. The summed E-state index contributed by atoms with van der Waals surface area (Å²) in [4.78, 5) is 28.2. The molecule has 0 aliphatic carbocycles. The van der Waals surface area contributed by atoms with Crippen molar-refractivity contribution in [2.45, 2.75) is 25.9 Å². The third kappa shape index (κ3) is 3.80. The zero-order chi connectivity index (χ0) is 19.4. The van der Waals surface area contributed by atoms with Crippen LogP contribution in [0.4, 0.5) is 4.79 Å². The average molecular weight is 368 g/mol. The predicted molar refractivity (Wildman–Crippen MR) is 102 cm³/mol. The van der Waals surface area contributed by atoms with Crippen molar-refractivity contribution in [2.75, 3.05) is 20.3 Å². The smallest absolute Gasteiger partial charge is 0.329 e. The Morgan fingerprint density at radius 2 is 1.85 bits per heavy atom. The molecule has 2 N–H and O–H groups in total. The van der Waals surface area contributed by atoms with E-state index in [1.165, 1.54) is 10.5 Å². The molecule has 3 amide bonds. The highest BCUT2D eigenvalue weighted by Crippen LogP contribution is 2.30. The van der Waals surface area contributed by atoms with Crippen LogP contribution in [0, 0.1) is 0 Å². The van der Waals surface area contributed by atoms with E-state index in [0.717, 1.165) is 18.0 Å². The Balaban J connectivity index is 1.78. The van der Waals surface area contributed by atoms with Crippen molar-refractivity contribution in [2.24, 2.45) is 0 Å². The molecule has 1 fully saturated rings. The first-order chi connectivity index (χ1) is 13.0. The van der Waals surface area contributed by atoms with Crippen LogP contribution in [-0.4, -0.2) is 37.2 Å². The summed E-state index contributed by atoms with van der Waals surface area (Å²) in [5.41, 5.74) is 0.804. The van der Waals surface area contributed by atoms with Crippen LogP contribution < -0.4 is 15.0 Å². The van der Waals surface area contributed by atoms with E-state index in [0.29, 0.717) is 18.0 Å². The van der Waals surface area contributed by atoms with Crippen molar-refractivity contribution >= 4 is 11.9 Å². The van der Waals surface area contributed by atoms with E-state index in [2.05, 4.69) is 24.4 Å². The monoisotopic (exact) mass is 368 g/mol. The molecule has 1 aliphatic heterocycles. The fraction of sp³-hybridized carbons (Fsp3) is 0.333. The molecule has 142 valence electrons. The van der Waals surface area contributed by atoms with Crippen molar-refractivity contribution in [1.82, 2.24) is 10.2 Å². The second kappa shape index (κ2) is 7.80. The van der Waals surface area contributed by atoms with Crippen LogP contribution >= 0.6 is 0 Å². The Morgan fingerprint density at radius 3 is 2.52 bits per heavy atom. The number of carbonyl (C=O) groups excluding carboxylic acids is 2. The number of quaternary nitrogens is 1. The maximum atomic E-state index is 13.1. The van der Waals surface area contributed by atoms with Gasteiger partial charge in [-0.1, -0.05) is 42.5 Å². The SMILES string of the molecule is CC[NH+](Cc1ccccc1)CN1C(=O)N[C@](C)(c2cccc(OC)c2)C1=O. The van der Waals surface area contributed by atoms with Gasteiger partial charge in [0, 0.05) is 5.56 Å². The Hall–Kier alpha value is -2.86. The number of methoxy groups -OCH3 is 1. The summed E-state index contributed by atoms with van der Waals surface area (Å²) in [5, 5.41) is 2.86. The molecule has 2 aromatic rings. The number of rotatable bonds is 7. The van der Waals surface area contributed by atoms with E-state index in [4.69, 9.17) is 4.74 Å². The van der Waals surface area contributed by atoms with Gasteiger partial charge < -0.3 is 15.0 Å². The van der Waals surface area contributed by atoms with Gasteiger partial charge in [-0.3, -0.25) is 4.79 Å². The van der Waals surface area contributed by atoms with Crippen LogP contribution in [0.3, 0.4) is 0 Å². The fourth-order valence-electron chi connectivity index (χ4n) is 3.37. The molecule has 2 aromatic carbocycles. The van der Waals surface area contributed by atoms with Gasteiger partial charge in [-0.25, -0.2) is 9.69 Å². The van der Waals surface area contributed by atoms with Crippen molar-refractivity contribution in [3.63, 3.8) is 0 Å². The van der Waals surface area contributed by atoms with Crippen LogP contribution in [0.15, 0.2) is 54.6 Å². The minimum atomic E-state index is -1.09. The van der Waals surface area contributed by atoms with Gasteiger partial charge in [-0.2, -0.15) is 0 Å². The van der Waals surface area contributed by atoms with E-state index in [9.17, 15) is 9.59 Å². The number of amides is 3. The van der Waals surface area contributed by atoms with Crippen LogP contribution in [0.25, 0.3) is 0 Å². The van der Waals surface area contributed by atoms with Gasteiger partial charge in [0.25, 0.3) is 5.91 Å². The zero-order valence-corrected chi connectivity index (χ0v) is 16.0. The second-order valence-corrected chi connectivity index (χ2v) is 6.94. The van der Waals surface area contributed by atoms with Gasteiger partial charge in [-0.05, 0) is 31.5 Å². The van der Waals surface area contributed by atoms with Gasteiger partial charge in [-0.15, -0.1) is 0 Å². The minimum Gasteiger partial charge on any atom is -0.497 e. The fourth-order valence-corrected chi connectivity index (χ4v) is 3.37. The van der Waals surface area contributed by atoms with Gasteiger partial charge >= 0.3 is 6.03 Å². The molecule has 1 unspecified atom stereocenters. The largest absolute Gasteiger partial charge is 0.497 e. The Bertz CT molecular complexity index is 824. The summed E-state index contributed by atoms with van der Waals surface area (Å²) < 4.78 is 5.25. The average Bonchev–Trinajstić information content (AvgIpc) is 2.92. The number of carbonyl (C=O) groups is 2. The van der Waals surface area contributed by atoms with E-state index in [-0.39, 0.29) is 11.9 Å². The lowest BCUT2D eigenvalue weighted by Crippen LogP contribution is -3.12. The van der Waals surface area contributed by atoms with Gasteiger partial charge in [0.1, 0.15) is 17.8 Å². The Kier molecular flexibility index (Phi) is 5.46. The molecule has 3 rings (SSSR count). The Labute approximate surface area is 159 Å². The van der Waals surface area contributed by atoms with Gasteiger partial charge in [0.15, 0.2) is 6.67 Å². The van der Waals surface area contributed by atoms with Crippen molar-refractivity contribution in [1.29, 1.82) is 0 Å². The maximum Gasteiger partial charge on any atom is 0.329 e. The van der Waals surface area contributed by atoms with Gasteiger partial charge in [0.05, 0.1) is 13.7 Å². The first-order valence-electron chi connectivity index (χ1n) is 9.14. The van der Waals surface area contributed by atoms with E-state index in [1.807, 2.05) is 36.4 Å². The molecule has 1 heterocycles. The third-order valence-electron chi connectivity index (χ3n) is 5.10. The third-order valence-corrected chi connectivity index (χ3v) is 5.10. The molecule has 0 saturated carbocycles. The molecule has 2 atom stereocenters. The minimum absolute atomic E-state index is 0.236. The highest BCUT2D eigenvalue weighted by molar-refractivity contribution is 6.07. The number of imide groups is 1. The zero-order valence-electron chi connectivity index (χ0n) is 16.0. The molecule has 0 aromatic heterocycles. The van der Waals surface area contributed by atoms with Gasteiger partial charge in [0.2, 0.25) is 0 Å². The predicted octanol–water partition coefficient (Wildman–Crippen LogP) is 1.52. The van der Waals surface area contributed by atoms with Crippen LogP contribution in [0.5, 0.6) is 5.75 Å². The number of nitrogens with zero attached hydrogens (tertiary/aromatic N) is 1. The van der Waals surface area contributed by atoms with Crippen LogP contribution in [0.2, 0.25) is 0 Å². The summed E-state index contributed by atoms with van der Waals surface area (Å²) in [6, 6.07) is 17.0. The lowest BCUT2D eigenvalue weighted by atomic mass is 9.92. The molecule has 1 aliphatic rings. The number of hydrogen-bond acceptors (Lipinski definition) is 3. The number of hydrogen-bond donors (Lipinski definition) is 2. The quantitative estimate of drug-likeness (QED) is 0.729. The van der Waals surface area contributed by atoms with E-state index in [1.54, 1.807) is 20.1 Å². The standard InChI is InChI=1S/C21H25N3O3/c1-4-23(14-16-9-6-5-7-10-16)15-24-19(25)21(2,22-20(24)26)17-11-8-12-18(13-17)27-3/h5-13H,4,14-15H2,1-3H3,(H,22,26)/p+1/t21-/m1/s1. The molecule has 1 saturated heterocycles. The van der Waals surface area contributed by atoms with Crippen LogP contribution in [-0.2, 0) is 16.9 Å². The molecular weight excluding hydrogens is 342 g/mol. The van der Waals surface area contributed by atoms with E-state index >= 15 is 0 Å². The van der Waals surface area contributed by atoms with Crippen molar-refractivity contribution < 1.29 is 19.2 Å². The van der Waals surface area contributed by atoms with Crippen molar-refractivity contribution in [3.05, 3.63) is 65.7 Å². The summed E-state index contributed by atoms with van der Waals surface area (Å²) >= 11 is 0. The number of ether oxygens (including phenoxy) is 1. The number of nitrogens with one attached hydrogen (secondary N) is 2. The highest BCUT2D eigenvalue weighted by Gasteiger charge is 2.50. The Morgan fingerprint density at radius 1 is 1.11 bits per heavy atom. The summed E-state index contributed by atoms with van der Waals surface area (Å²) in [5.74, 6) is 0.416. The van der Waals surface area contributed by atoms with Crippen LogP contribution in [0.1, 0.15) is 25.0 Å². The summed E-state index contributed by atoms with van der Waals surface area (Å²) in [6.45, 7) is 5.69. The lowest BCUT2D eigenvalue weighted by molar-refractivity contribution is -0.919. The molecule has 27 heavy (non-hydrogen) atoms. The summed E-state index contributed by atoms with van der Waals surface area (Å²) in [6.07, 6.45) is 0. The molecule has 6 heteroatoms. The lowest BCUT2D eigenvalue weighted by Gasteiger charge is -2.24. The topological polar surface area (TPSA) is 63.1 Å². The molecule has 0 spiro atoms. The number of benzene rings is 2. The number of urea groups is 1. The van der Waals surface area contributed by atoms with E-state index < -0.39 is 5.54 Å². The first kappa shape index (κ1) is 18.9. The summed E-state index contributed by atoms with van der Waals surface area (Å²) in [7, 11) is 1.58. The van der Waals surface area contributed by atoms with Crippen molar-refractivity contribution in [3.8, 4) is 5.75 Å². The highest BCUT2D eigenvalue weighted by atomic mass is 16.5. The molecule has 0 bridgehead atoms. The normalized spacial score (nSPS) is 20.5.